The van der Waals surface area contributed by atoms with Crippen LogP contribution in [-0.2, 0) is 0 Å². The maximum absolute atomic E-state index is 12.6. The van der Waals surface area contributed by atoms with E-state index < -0.39 is 0 Å². The molecule has 7 nitrogen and oxygen atoms in total. The number of fused-ring (bicyclic) bond motifs is 1. The molecule has 2 aromatic heterocycles. The summed E-state index contributed by atoms with van der Waals surface area (Å²) in [5.74, 6) is 1.78. The van der Waals surface area contributed by atoms with Crippen molar-refractivity contribution in [2.45, 2.75) is 26.8 Å². The second-order valence-corrected chi connectivity index (χ2v) is 7.19. The molecule has 7 heteroatoms. The van der Waals surface area contributed by atoms with Crippen molar-refractivity contribution in [3.8, 4) is 0 Å². The summed E-state index contributed by atoms with van der Waals surface area (Å²) in [4.78, 5) is 30.4. The highest BCUT2D eigenvalue weighted by molar-refractivity contribution is 5.81. The average molecular weight is 364 g/mol. The van der Waals surface area contributed by atoms with Crippen molar-refractivity contribution in [2.75, 3.05) is 36.0 Å². The third-order valence-corrected chi connectivity index (χ3v) is 5.05. The monoisotopic (exact) mass is 364 g/mol. The largest absolute Gasteiger partial charge is 0.368 e. The van der Waals surface area contributed by atoms with Gasteiger partial charge in [0.05, 0.1) is 17.2 Å². The first kappa shape index (κ1) is 17.5. The maximum atomic E-state index is 12.6. The third kappa shape index (κ3) is 3.37. The van der Waals surface area contributed by atoms with Gasteiger partial charge in [0.2, 0.25) is 0 Å². The minimum atomic E-state index is 0.0190. The molecule has 0 bridgehead atoms. The summed E-state index contributed by atoms with van der Waals surface area (Å²) >= 11 is 0. The number of aryl methyl sites for hydroxylation is 1. The molecular weight excluding hydrogens is 340 g/mol. The van der Waals surface area contributed by atoms with Crippen molar-refractivity contribution in [1.82, 2.24) is 19.5 Å². The molecule has 0 amide bonds. The van der Waals surface area contributed by atoms with Crippen LogP contribution >= 0.6 is 0 Å². The lowest BCUT2D eigenvalue weighted by molar-refractivity contribution is 0.573. The van der Waals surface area contributed by atoms with Crippen molar-refractivity contribution >= 4 is 22.4 Å². The van der Waals surface area contributed by atoms with E-state index in [9.17, 15) is 4.79 Å². The molecule has 3 heterocycles. The van der Waals surface area contributed by atoms with E-state index in [0.717, 1.165) is 49.0 Å². The summed E-state index contributed by atoms with van der Waals surface area (Å²) in [5.41, 5.74) is 1.88. The van der Waals surface area contributed by atoms with E-state index in [2.05, 4.69) is 24.8 Å². The summed E-state index contributed by atoms with van der Waals surface area (Å²) < 4.78 is 1.67. The Morgan fingerprint density at radius 2 is 1.74 bits per heavy atom. The van der Waals surface area contributed by atoms with Gasteiger partial charge in [0, 0.05) is 44.1 Å². The molecule has 3 aromatic rings. The maximum Gasteiger partial charge on any atom is 0.261 e. The highest BCUT2D eigenvalue weighted by atomic mass is 16.1. The van der Waals surface area contributed by atoms with Crippen molar-refractivity contribution in [3.63, 3.8) is 0 Å². The molecule has 140 valence electrons. The minimum Gasteiger partial charge on any atom is -0.368 e. The molecule has 0 spiro atoms. The van der Waals surface area contributed by atoms with Crippen molar-refractivity contribution in [2.24, 2.45) is 0 Å². The Morgan fingerprint density at radius 3 is 2.44 bits per heavy atom. The number of hydrogen-bond donors (Lipinski definition) is 0. The Morgan fingerprint density at radius 1 is 1.00 bits per heavy atom. The predicted octanol–water partition coefficient (Wildman–Crippen LogP) is 2.40. The molecule has 0 aliphatic carbocycles. The van der Waals surface area contributed by atoms with Crippen LogP contribution in [-0.4, -0.2) is 45.7 Å². The molecule has 0 radical (unpaired) electrons. The van der Waals surface area contributed by atoms with Gasteiger partial charge < -0.3 is 9.80 Å². The zero-order valence-electron chi connectivity index (χ0n) is 16.0. The van der Waals surface area contributed by atoms with E-state index >= 15 is 0 Å². The third-order valence-electron chi connectivity index (χ3n) is 5.05. The summed E-state index contributed by atoms with van der Waals surface area (Å²) in [7, 11) is 0. The van der Waals surface area contributed by atoms with Crippen molar-refractivity contribution in [3.05, 3.63) is 53.0 Å². The van der Waals surface area contributed by atoms with Crippen LogP contribution in [0.3, 0.4) is 0 Å². The van der Waals surface area contributed by atoms with Crippen LogP contribution in [0, 0.1) is 6.92 Å². The highest BCUT2D eigenvalue weighted by Crippen LogP contribution is 2.22. The molecule has 1 aliphatic rings. The fraction of sp³-hybridized carbons (Fsp3) is 0.400. The van der Waals surface area contributed by atoms with Crippen LogP contribution in [0.15, 0.2) is 41.6 Å². The topological polar surface area (TPSA) is 67.2 Å². The Balaban J connectivity index is 1.54. The molecule has 1 saturated heterocycles. The number of anilines is 2. The number of nitrogens with zero attached hydrogens (tertiary/aromatic N) is 6. The van der Waals surface area contributed by atoms with Gasteiger partial charge in [-0.2, -0.15) is 0 Å². The van der Waals surface area contributed by atoms with Gasteiger partial charge >= 0.3 is 0 Å². The summed E-state index contributed by atoms with van der Waals surface area (Å²) in [6, 6.07) is 8.01. The Labute approximate surface area is 158 Å². The molecule has 1 aromatic carbocycles. The van der Waals surface area contributed by atoms with Crippen LogP contribution in [0.2, 0.25) is 0 Å². The average Bonchev–Trinajstić information content (AvgIpc) is 2.68. The van der Waals surface area contributed by atoms with Gasteiger partial charge in [0.25, 0.3) is 5.56 Å². The SMILES string of the molecule is Cc1nccc(N2CCN(c3ccc4c(=O)n(C(C)C)cnc4c3)CC2)n1. The quantitative estimate of drug-likeness (QED) is 0.711. The molecule has 0 saturated carbocycles. The zero-order valence-corrected chi connectivity index (χ0v) is 16.0. The van der Waals surface area contributed by atoms with Gasteiger partial charge in [-0.3, -0.25) is 9.36 Å². The first-order chi connectivity index (χ1) is 13.0. The van der Waals surface area contributed by atoms with Gasteiger partial charge in [-0.25, -0.2) is 15.0 Å². The zero-order chi connectivity index (χ0) is 19.0. The molecule has 0 unspecified atom stereocenters. The van der Waals surface area contributed by atoms with E-state index in [4.69, 9.17) is 0 Å². The van der Waals surface area contributed by atoms with Gasteiger partial charge in [-0.05, 0) is 45.0 Å². The van der Waals surface area contributed by atoms with Crippen LogP contribution in [0.1, 0.15) is 25.7 Å². The second-order valence-electron chi connectivity index (χ2n) is 7.19. The summed E-state index contributed by atoms with van der Waals surface area (Å²) in [6.07, 6.45) is 3.46. The second kappa shape index (κ2) is 6.98. The first-order valence-electron chi connectivity index (χ1n) is 9.33. The van der Waals surface area contributed by atoms with E-state index in [1.54, 1.807) is 10.9 Å². The molecule has 0 N–H and O–H groups in total. The van der Waals surface area contributed by atoms with Gasteiger partial charge in [-0.1, -0.05) is 0 Å². The van der Waals surface area contributed by atoms with Gasteiger partial charge in [0.15, 0.2) is 0 Å². The molecule has 27 heavy (non-hydrogen) atoms. The van der Waals surface area contributed by atoms with E-state index in [1.165, 1.54) is 0 Å². The van der Waals surface area contributed by atoms with E-state index in [-0.39, 0.29) is 11.6 Å². The summed E-state index contributed by atoms with van der Waals surface area (Å²) in [5, 5.41) is 0.671. The van der Waals surface area contributed by atoms with Crippen LogP contribution < -0.4 is 15.4 Å². The minimum absolute atomic E-state index is 0.0190. The molecule has 1 fully saturated rings. The lowest BCUT2D eigenvalue weighted by Crippen LogP contribution is -2.46. The predicted molar refractivity (Wildman–Crippen MR) is 108 cm³/mol. The number of benzene rings is 1. The number of aromatic nitrogens is 4. The van der Waals surface area contributed by atoms with Gasteiger partial charge in [0.1, 0.15) is 11.6 Å². The fourth-order valence-corrected chi connectivity index (χ4v) is 3.50. The summed E-state index contributed by atoms with van der Waals surface area (Å²) in [6.45, 7) is 9.49. The molecule has 1 aliphatic heterocycles. The van der Waals surface area contributed by atoms with Crippen molar-refractivity contribution in [1.29, 1.82) is 0 Å². The number of hydrogen-bond acceptors (Lipinski definition) is 6. The van der Waals surface area contributed by atoms with Crippen LogP contribution in [0.4, 0.5) is 11.5 Å². The number of piperazine rings is 1. The Hall–Kier alpha value is -2.96. The van der Waals surface area contributed by atoms with E-state index in [0.29, 0.717) is 5.39 Å². The normalized spacial score (nSPS) is 15.0. The standard InChI is InChI=1S/C20H24N6O/c1-14(2)26-13-22-18-12-16(4-5-17(18)20(26)27)24-8-10-25(11-9-24)19-6-7-21-15(3)23-19/h4-7,12-14H,8-11H2,1-3H3. The fourth-order valence-electron chi connectivity index (χ4n) is 3.50. The lowest BCUT2D eigenvalue weighted by atomic mass is 10.2. The Bertz CT molecular complexity index is 1020. The van der Waals surface area contributed by atoms with Crippen LogP contribution in [0.5, 0.6) is 0 Å². The smallest absolute Gasteiger partial charge is 0.261 e. The number of rotatable bonds is 3. The van der Waals surface area contributed by atoms with E-state index in [1.807, 2.05) is 51.2 Å². The molecule has 0 atom stereocenters. The molecular formula is C20H24N6O. The molecule has 4 rings (SSSR count). The van der Waals surface area contributed by atoms with Crippen LogP contribution in [0.25, 0.3) is 10.9 Å². The highest BCUT2D eigenvalue weighted by Gasteiger charge is 2.19. The van der Waals surface area contributed by atoms with Crippen molar-refractivity contribution < 1.29 is 0 Å². The lowest BCUT2D eigenvalue weighted by Gasteiger charge is -2.36. The first-order valence-corrected chi connectivity index (χ1v) is 9.33. The van der Waals surface area contributed by atoms with Gasteiger partial charge in [-0.15, -0.1) is 0 Å². The Kier molecular flexibility index (Phi) is 4.51.